The van der Waals surface area contributed by atoms with E-state index < -0.39 is 0 Å². The molecule has 1 aliphatic rings. The fourth-order valence-electron chi connectivity index (χ4n) is 2.27. The molecule has 0 aromatic heterocycles. The molecule has 0 spiro atoms. The molecule has 0 aliphatic carbocycles. The minimum Gasteiger partial charge on any atom is -0.369 e. The Balaban J connectivity index is 2.25. The van der Waals surface area contributed by atoms with Crippen molar-refractivity contribution in [1.82, 2.24) is 4.90 Å². The summed E-state index contributed by atoms with van der Waals surface area (Å²) >= 11 is 6.05. The van der Waals surface area contributed by atoms with Crippen LogP contribution >= 0.6 is 11.6 Å². The topological polar surface area (TPSA) is 30.3 Å². The number of hydrogen-bond donors (Lipinski definition) is 0. The van der Waals surface area contributed by atoms with Gasteiger partial charge in [0.15, 0.2) is 0 Å². The maximum atomic E-state index is 9.16. The van der Waals surface area contributed by atoms with Gasteiger partial charge in [0, 0.05) is 19.1 Å². The summed E-state index contributed by atoms with van der Waals surface area (Å²) < 4.78 is 0. The van der Waals surface area contributed by atoms with Gasteiger partial charge in [0.05, 0.1) is 16.3 Å². The van der Waals surface area contributed by atoms with E-state index in [1.54, 1.807) is 6.07 Å². The molecule has 17 heavy (non-hydrogen) atoms. The third-order valence-electron chi connectivity index (χ3n) is 3.34. The van der Waals surface area contributed by atoms with Gasteiger partial charge in [0.2, 0.25) is 0 Å². The minimum absolute atomic E-state index is 0.540. The number of halogens is 1. The Kier molecular flexibility index (Phi) is 3.56. The van der Waals surface area contributed by atoms with Gasteiger partial charge >= 0.3 is 0 Å². The predicted molar refractivity (Wildman–Crippen MR) is 70.5 cm³/mol. The lowest BCUT2D eigenvalue weighted by molar-refractivity contribution is 0.315. The van der Waals surface area contributed by atoms with Crippen LogP contribution in [-0.4, -0.2) is 38.1 Å². The second-order valence-electron chi connectivity index (χ2n) is 4.60. The van der Waals surface area contributed by atoms with Crippen molar-refractivity contribution in [2.45, 2.75) is 12.5 Å². The van der Waals surface area contributed by atoms with Gasteiger partial charge in [-0.15, -0.1) is 0 Å². The van der Waals surface area contributed by atoms with Crippen LogP contribution in [0, 0.1) is 11.3 Å². The molecule has 1 unspecified atom stereocenters. The van der Waals surface area contributed by atoms with Crippen molar-refractivity contribution < 1.29 is 0 Å². The Labute approximate surface area is 107 Å². The third kappa shape index (κ3) is 2.38. The van der Waals surface area contributed by atoms with Crippen LogP contribution in [0.1, 0.15) is 12.0 Å². The van der Waals surface area contributed by atoms with Crippen LogP contribution in [-0.2, 0) is 0 Å². The van der Waals surface area contributed by atoms with Crippen LogP contribution in [0.3, 0.4) is 0 Å². The van der Waals surface area contributed by atoms with E-state index in [2.05, 4.69) is 30.0 Å². The van der Waals surface area contributed by atoms with Gasteiger partial charge in [-0.05, 0) is 32.6 Å². The Morgan fingerprint density at radius 3 is 2.82 bits per heavy atom. The monoisotopic (exact) mass is 249 g/mol. The molecular weight excluding hydrogens is 234 g/mol. The van der Waals surface area contributed by atoms with Crippen LogP contribution < -0.4 is 4.90 Å². The maximum Gasteiger partial charge on any atom is 0.103 e. The number of rotatable bonds is 2. The second kappa shape index (κ2) is 4.95. The average molecular weight is 250 g/mol. The molecule has 0 radical (unpaired) electrons. The van der Waals surface area contributed by atoms with Crippen molar-refractivity contribution in [2.75, 3.05) is 32.1 Å². The molecule has 1 fully saturated rings. The molecule has 1 aromatic rings. The number of anilines is 1. The number of likely N-dealkylation sites (N-methyl/N-ethyl adjacent to an activating group) is 1. The highest BCUT2D eigenvalue weighted by molar-refractivity contribution is 6.32. The van der Waals surface area contributed by atoms with E-state index in [1.807, 2.05) is 12.1 Å². The van der Waals surface area contributed by atoms with Crippen LogP contribution in [0.2, 0.25) is 5.02 Å². The Hall–Kier alpha value is -1.24. The van der Waals surface area contributed by atoms with Crippen LogP contribution in [0.25, 0.3) is 0 Å². The largest absolute Gasteiger partial charge is 0.369 e. The van der Waals surface area contributed by atoms with Gasteiger partial charge in [0.1, 0.15) is 6.07 Å². The van der Waals surface area contributed by atoms with E-state index >= 15 is 0 Å². The molecule has 1 aromatic carbocycles. The molecule has 0 bridgehead atoms. The Morgan fingerprint density at radius 1 is 1.47 bits per heavy atom. The Bertz CT molecular complexity index is 450. The van der Waals surface area contributed by atoms with Gasteiger partial charge in [-0.2, -0.15) is 5.26 Å². The summed E-state index contributed by atoms with van der Waals surface area (Å²) in [5.74, 6) is 0. The van der Waals surface area contributed by atoms with E-state index in [9.17, 15) is 0 Å². The van der Waals surface area contributed by atoms with Crippen molar-refractivity contribution in [1.29, 1.82) is 5.26 Å². The molecule has 90 valence electrons. The molecule has 0 saturated carbocycles. The lowest BCUT2D eigenvalue weighted by Gasteiger charge is -2.22. The molecule has 0 amide bonds. The highest BCUT2D eigenvalue weighted by Crippen LogP contribution is 2.29. The molecule has 2 rings (SSSR count). The summed E-state index contributed by atoms with van der Waals surface area (Å²) in [6.07, 6.45) is 1.13. The highest BCUT2D eigenvalue weighted by atomic mass is 35.5. The molecule has 0 N–H and O–H groups in total. The van der Waals surface area contributed by atoms with Gasteiger partial charge in [0.25, 0.3) is 0 Å². The third-order valence-corrected chi connectivity index (χ3v) is 3.65. The van der Waals surface area contributed by atoms with Crippen molar-refractivity contribution in [2.24, 2.45) is 0 Å². The van der Waals surface area contributed by atoms with Gasteiger partial charge in [-0.3, -0.25) is 0 Å². The molecule has 3 nitrogen and oxygen atoms in total. The summed E-state index contributed by atoms with van der Waals surface area (Å²) in [7, 11) is 4.19. The van der Waals surface area contributed by atoms with E-state index in [4.69, 9.17) is 16.9 Å². The van der Waals surface area contributed by atoms with Gasteiger partial charge in [-0.1, -0.05) is 17.7 Å². The maximum absolute atomic E-state index is 9.16. The second-order valence-corrected chi connectivity index (χ2v) is 5.01. The van der Waals surface area contributed by atoms with E-state index in [0.29, 0.717) is 16.6 Å². The highest BCUT2D eigenvalue weighted by Gasteiger charge is 2.25. The number of hydrogen-bond acceptors (Lipinski definition) is 3. The summed E-state index contributed by atoms with van der Waals surface area (Å²) in [4.78, 5) is 4.48. The molecule has 4 heteroatoms. The molecule has 1 atom stereocenters. The minimum atomic E-state index is 0.540. The summed E-state index contributed by atoms with van der Waals surface area (Å²) in [6, 6.07) is 8.40. The number of nitrogens with zero attached hydrogens (tertiary/aromatic N) is 3. The van der Waals surface area contributed by atoms with Crippen molar-refractivity contribution in [3.63, 3.8) is 0 Å². The average Bonchev–Trinajstić information content (AvgIpc) is 2.77. The first-order chi connectivity index (χ1) is 8.13. The zero-order valence-electron chi connectivity index (χ0n) is 10.2. The number of nitriles is 1. The zero-order chi connectivity index (χ0) is 12.4. The van der Waals surface area contributed by atoms with E-state index in [1.165, 1.54) is 0 Å². The SMILES string of the molecule is CN(C)C1CCN(c2cccc(Cl)c2C#N)C1. The molecular formula is C13H16ClN3. The van der Waals surface area contributed by atoms with Crippen molar-refractivity contribution in [3.8, 4) is 6.07 Å². The smallest absolute Gasteiger partial charge is 0.103 e. The molecule has 1 aliphatic heterocycles. The fraction of sp³-hybridized carbons (Fsp3) is 0.462. The molecule has 1 heterocycles. The number of benzene rings is 1. The van der Waals surface area contributed by atoms with Gasteiger partial charge in [-0.25, -0.2) is 0 Å². The first-order valence-electron chi connectivity index (χ1n) is 5.73. The first-order valence-corrected chi connectivity index (χ1v) is 6.11. The summed E-state index contributed by atoms with van der Waals surface area (Å²) in [6.45, 7) is 1.94. The summed E-state index contributed by atoms with van der Waals surface area (Å²) in [5, 5.41) is 9.70. The molecule has 1 saturated heterocycles. The van der Waals surface area contributed by atoms with E-state index in [-0.39, 0.29) is 0 Å². The van der Waals surface area contributed by atoms with Gasteiger partial charge < -0.3 is 9.80 Å². The first kappa shape index (κ1) is 12.2. The van der Waals surface area contributed by atoms with Crippen molar-refractivity contribution >= 4 is 17.3 Å². The van der Waals surface area contributed by atoms with E-state index in [0.717, 1.165) is 25.2 Å². The normalized spacial score (nSPS) is 19.7. The lowest BCUT2D eigenvalue weighted by Crippen LogP contribution is -2.31. The van der Waals surface area contributed by atoms with Crippen molar-refractivity contribution in [3.05, 3.63) is 28.8 Å². The zero-order valence-corrected chi connectivity index (χ0v) is 10.9. The summed E-state index contributed by atoms with van der Waals surface area (Å²) in [5.41, 5.74) is 1.55. The van der Waals surface area contributed by atoms with Crippen LogP contribution in [0.5, 0.6) is 0 Å². The predicted octanol–water partition coefficient (Wildman–Crippen LogP) is 2.35. The van der Waals surface area contributed by atoms with Crippen LogP contribution in [0.15, 0.2) is 18.2 Å². The van der Waals surface area contributed by atoms with Crippen LogP contribution in [0.4, 0.5) is 5.69 Å². The quantitative estimate of drug-likeness (QED) is 0.806. The standard InChI is InChI=1S/C13H16ClN3/c1-16(2)10-6-7-17(9-10)13-5-3-4-12(14)11(13)8-15/h3-5,10H,6-7,9H2,1-2H3. The lowest BCUT2D eigenvalue weighted by atomic mass is 10.2. The Morgan fingerprint density at radius 2 is 2.24 bits per heavy atom. The fourth-order valence-corrected chi connectivity index (χ4v) is 2.48.